The summed E-state index contributed by atoms with van der Waals surface area (Å²) in [5, 5.41) is 16.4. The number of aromatic nitrogens is 1. The Hall–Kier alpha value is -3.11. The molecular formula is C24H28N4O3. The standard InChI is InChI=1S/C24H28N4O3/c25-13-17(24(30)27-19-6-1-2-7-19)12-18-15-28(22-10-4-3-9-21(18)22)16-23(29)26-14-20-8-5-11-31-20/h3-4,9-10,12,15,19-20H,1-2,5-8,11,14,16H2,(H,26,29)(H,27,30)/b17-12+/t20-/m1/s1. The first kappa shape index (κ1) is 21.1. The van der Waals surface area contributed by atoms with Crippen LogP contribution < -0.4 is 10.6 Å². The monoisotopic (exact) mass is 420 g/mol. The van der Waals surface area contributed by atoms with Gasteiger partial charge in [-0.15, -0.1) is 0 Å². The molecule has 1 aliphatic heterocycles. The van der Waals surface area contributed by atoms with Crippen LogP contribution in [-0.2, 0) is 20.9 Å². The average molecular weight is 421 g/mol. The van der Waals surface area contributed by atoms with E-state index in [0.717, 1.165) is 61.6 Å². The van der Waals surface area contributed by atoms with Gasteiger partial charge in [0.1, 0.15) is 18.2 Å². The van der Waals surface area contributed by atoms with Gasteiger partial charge in [0, 0.05) is 41.9 Å². The summed E-state index contributed by atoms with van der Waals surface area (Å²) in [6.45, 7) is 1.44. The lowest BCUT2D eigenvalue weighted by Gasteiger charge is -2.11. The number of benzene rings is 1. The molecule has 1 saturated heterocycles. The van der Waals surface area contributed by atoms with Crippen molar-refractivity contribution in [2.24, 2.45) is 0 Å². The van der Waals surface area contributed by atoms with Crippen LogP contribution in [0.4, 0.5) is 0 Å². The maximum Gasteiger partial charge on any atom is 0.262 e. The van der Waals surface area contributed by atoms with Gasteiger partial charge in [0.25, 0.3) is 5.91 Å². The highest BCUT2D eigenvalue weighted by molar-refractivity contribution is 6.04. The number of carbonyl (C=O) groups is 2. The molecule has 0 unspecified atom stereocenters. The summed E-state index contributed by atoms with van der Waals surface area (Å²) in [6, 6.07) is 9.88. The Morgan fingerprint density at radius 3 is 2.74 bits per heavy atom. The number of para-hydroxylation sites is 1. The second-order valence-corrected chi connectivity index (χ2v) is 8.29. The van der Waals surface area contributed by atoms with Crippen molar-refractivity contribution in [2.75, 3.05) is 13.2 Å². The number of carbonyl (C=O) groups excluding carboxylic acids is 2. The molecule has 1 aromatic heterocycles. The highest BCUT2D eigenvalue weighted by atomic mass is 16.5. The predicted octanol–water partition coefficient (Wildman–Crippen LogP) is 2.90. The summed E-state index contributed by atoms with van der Waals surface area (Å²) in [4.78, 5) is 25.1. The first-order valence-electron chi connectivity index (χ1n) is 11.0. The Labute approximate surface area is 182 Å². The van der Waals surface area contributed by atoms with Crippen LogP contribution in [0.3, 0.4) is 0 Å². The summed E-state index contributed by atoms with van der Waals surface area (Å²) in [7, 11) is 0. The minimum absolute atomic E-state index is 0.0811. The van der Waals surface area contributed by atoms with Crippen molar-refractivity contribution in [1.29, 1.82) is 5.26 Å². The molecule has 0 spiro atoms. The summed E-state index contributed by atoms with van der Waals surface area (Å²) in [5.74, 6) is -0.424. The number of nitrogens with one attached hydrogen (secondary N) is 2. The second kappa shape index (κ2) is 9.80. The number of amides is 2. The third kappa shape index (κ3) is 5.15. The van der Waals surface area contributed by atoms with E-state index in [-0.39, 0.29) is 36.1 Å². The smallest absolute Gasteiger partial charge is 0.262 e. The van der Waals surface area contributed by atoms with Crippen LogP contribution in [0.2, 0.25) is 0 Å². The molecule has 0 bridgehead atoms. The van der Waals surface area contributed by atoms with Crippen LogP contribution in [-0.4, -0.2) is 41.7 Å². The lowest BCUT2D eigenvalue weighted by molar-refractivity contribution is -0.122. The number of ether oxygens (including phenoxy) is 1. The first-order valence-corrected chi connectivity index (χ1v) is 11.0. The molecule has 2 aliphatic rings. The van der Waals surface area contributed by atoms with Gasteiger partial charge in [0.15, 0.2) is 0 Å². The van der Waals surface area contributed by atoms with Crippen LogP contribution in [0, 0.1) is 11.3 Å². The third-order valence-electron chi connectivity index (χ3n) is 6.04. The molecule has 2 N–H and O–H groups in total. The number of hydrogen-bond acceptors (Lipinski definition) is 4. The topological polar surface area (TPSA) is 96.2 Å². The van der Waals surface area contributed by atoms with Gasteiger partial charge in [0.05, 0.1) is 6.10 Å². The fourth-order valence-corrected chi connectivity index (χ4v) is 4.40. The number of rotatable bonds is 7. The van der Waals surface area contributed by atoms with Crippen molar-refractivity contribution in [1.82, 2.24) is 15.2 Å². The van der Waals surface area contributed by atoms with Gasteiger partial charge in [-0.05, 0) is 37.8 Å². The zero-order valence-electron chi connectivity index (χ0n) is 17.6. The Bertz CT molecular complexity index is 1020. The van der Waals surface area contributed by atoms with E-state index >= 15 is 0 Å². The molecule has 2 heterocycles. The number of nitriles is 1. The van der Waals surface area contributed by atoms with Crippen LogP contribution in [0.25, 0.3) is 17.0 Å². The summed E-state index contributed by atoms with van der Waals surface area (Å²) in [5.41, 5.74) is 1.72. The fraction of sp³-hybridized carbons (Fsp3) is 0.458. The molecule has 7 heteroatoms. The highest BCUT2D eigenvalue weighted by Gasteiger charge is 2.20. The van der Waals surface area contributed by atoms with E-state index < -0.39 is 0 Å². The van der Waals surface area contributed by atoms with Gasteiger partial charge >= 0.3 is 0 Å². The van der Waals surface area contributed by atoms with Crippen molar-refractivity contribution in [3.8, 4) is 6.07 Å². The number of nitrogens with zero attached hydrogens (tertiary/aromatic N) is 2. The normalized spacial score (nSPS) is 19.5. The van der Waals surface area contributed by atoms with E-state index in [0.29, 0.717) is 6.54 Å². The molecule has 7 nitrogen and oxygen atoms in total. The number of fused-ring (bicyclic) bond motifs is 1. The van der Waals surface area contributed by atoms with Gasteiger partial charge in [-0.1, -0.05) is 31.0 Å². The van der Waals surface area contributed by atoms with E-state index in [2.05, 4.69) is 10.6 Å². The van der Waals surface area contributed by atoms with Gasteiger partial charge in [-0.3, -0.25) is 9.59 Å². The van der Waals surface area contributed by atoms with Gasteiger partial charge in [0.2, 0.25) is 5.91 Å². The quantitative estimate of drug-likeness (QED) is 0.532. The van der Waals surface area contributed by atoms with E-state index in [1.165, 1.54) is 0 Å². The molecule has 1 aromatic carbocycles. The maximum absolute atomic E-state index is 12.6. The molecule has 4 rings (SSSR count). The molecule has 162 valence electrons. The van der Waals surface area contributed by atoms with Crippen molar-refractivity contribution in [3.63, 3.8) is 0 Å². The molecule has 2 aromatic rings. The minimum Gasteiger partial charge on any atom is -0.376 e. The van der Waals surface area contributed by atoms with E-state index in [4.69, 9.17) is 4.74 Å². The van der Waals surface area contributed by atoms with Crippen LogP contribution >= 0.6 is 0 Å². The average Bonchev–Trinajstić information content (AvgIpc) is 3.53. The summed E-state index contributed by atoms with van der Waals surface area (Å²) < 4.78 is 7.41. The molecule has 1 aliphatic carbocycles. The SMILES string of the molecule is N#C/C(=C\c1cn(CC(=O)NC[C@H]2CCCO2)c2ccccc12)C(=O)NC1CCCC1. The second-order valence-electron chi connectivity index (χ2n) is 8.29. The summed E-state index contributed by atoms with van der Waals surface area (Å²) >= 11 is 0. The van der Waals surface area contributed by atoms with E-state index in [1.807, 2.05) is 41.1 Å². The van der Waals surface area contributed by atoms with Crippen molar-refractivity contribution < 1.29 is 14.3 Å². The molecular weight excluding hydrogens is 392 g/mol. The third-order valence-corrected chi connectivity index (χ3v) is 6.04. The Kier molecular flexibility index (Phi) is 6.68. The van der Waals surface area contributed by atoms with Crippen LogP contribution in [0.15, 0.2) is 36.0 Å². The molecule has 1 saturated carbocycles. The summed E-state index contributed by atoms with van der Waals surface area (Å²) in [6.07, 6.45) is 9.70. The zero-order valence-corrected chi connectivity index (χ0v) is 17.6. The van der Waals surface area contributed by atoms with E-state index in [9.17, 15) is 14.9 Å². The van der Waals surface area contributed by atoms with Gasteiger partial charge < -0.3 is 19.9 Å². The highest BCUT2D eigenvalue weighted by Crippen LogP contribution is 2.24. The lowest BCUT2D eigenvalue weighted by atomic mass is 10.1. The molecule has 0 radical (unpaired) electrons. The van der Waals surface area contributed by atoms with Crippen molar-refractivity contribution >= 4 is 28.8 Å². The first-order chi connectivity index (χ1) is 15.1. The lowest BCUT2D eigenvalue weighted by Crippen LogP contribution is -2.34. The Balaban J connectivity index is 1.51. The van der Waals surface area contributed by atoms with Crippen LogP contribution in [0.5, 0.6) is 0 Å². The molecule has 2 amide bonds. The molecule has 31 heavy (non-hydrogen) atoms. The van der Waals surface area contributed by atoms with Gasteiger partial charge in [-0.2, -0.15) is 5.26 Å². The fourth-order valence-electron chi connectivity index (χ4n) is 4.40. The maximum atomic E-state index is 12.6. The molecule has 2 fully saturated rings. The number of hydrogen-bond donors (Lipinski definition) is 2. The minimum atomic E-state index is -0.333. The largest absolute Gasteiger partial charge is 0.376 e. The van der Waals surface area contributed by atoms with Crippen LogP contribution in [0.1, 0.15) is 44.1 Å². The van der Waals surface area contributed by atoms with Crippen molar-refractivity contribution in [3.05, 3.63) is 41.6 Å². The zero-order chi connectivity index (χ0) is 21.6. The van der Waals surface area contributed by atoms with Crippen molar-refractivity contribution in [2.45, 2.75) is 57.2 Å². The predicted molar refractivity (Wildman–Crippen MR) is 118 cm³/mol. The Morgan fingerprint density at radius 1 is 1.19 bits per heavy atom. The Morgan fingerprint density at radius 2 is 2.00 bits per heavy atom. The van der Waals surface area contributed by atoms with E-state index in [1.54, 1.807) is 6.08 Å². The molecule has 1 atom stereocenters. The van der Waals surface area contributed by atoms with Gasteiger partial charge in [-0.25, -0.2) is 0 Å².